The Labute approximate surface area is 209 Å². The summed E-state index contributed by atoms with van der Waals surface area (Å²) >= 11 is 0. The second-order valence-corrected chi connectivity index (χ2v) is 10.2. The second kappa shape index (κ2) is 8.19. The molecule has 0 bridgehead atoms. The molecule has 11 heteroatoms. The molecular weight excluding hydrogens is 492 g/mol. The van der Waals surface area contributed by atoms with Crippen LogP contribution in [0.25, 0.3) is 5.65 Å². The quantitative estimate of drug-likeness (QED) is 0.460. The molecule has 7 nitrogen and oxygen atoms in total. The number of hydrogen-bond acceptors (Lipinski definition) is 5. The molecule has 0 amide bonds. The van der Waals surface area contributed by atoms with Gasteiger partial charge in [-0.1, -0.05) is 12.1 Å². The second-order valence-electron chi connectivity index (χ2n) is 10.2. The summed E-state index contributed by atoms with van der Waals surface area (Å²) in [5.74, 6) is -9.06. The normalized spacial score (nSPS) is 22.7. The van der Waals surface area contributed by atoms with Crippen molar-refractivity contribution in [1.29, 1.82) is 0 Å². The van der Waals surface area contributed by atoms with Crippen LogP contribution in [0.5, 0.6) is 0 Å². The topological polar surface area (TPSA) is 86.9 Å². The molecule has 196 valence electrons. The van der Waals surface area contributed by atoms with Gasteiger partial charge in [0.05, 0.1) is 22.6 Å². The molecular formula is C26H26F4N4O3. The predicted molar refractivity (Wildman–Crippen MR) is 130 cm³/mol. The number of nitrogens with one attached hydrogen (secondary N) is 1. The molecule has 3 aromatic rings. The van der Waals surface area contributed by atoms with E-state index in [0.29, 0.717) is 11.3 Å². The maximum Gasteiger partial charge on any atom is 0.337 e. The summed E-state index contributed by atoms with van der Waals surface area (Å²) in [6.45, 7) is 4.90. The highest BCUT2D eigenvalue weighted by molar-refractivity contribution is 5.94. The number of aromatic carboxylic acids is 1. The van der Waals surface area contributed by atoms with Crippen LogP contribution in [0.1, 0.15) is 52.9 Å². The molecule has 1 aliphatic carbocycles. The first-order valence-electron chi connectivity index (χ1n) is 11.9. The van der Waals surface area contributed by atoms with Gasteiger partial charge in [-0.05, 0) is 51.0 Å². The number of benzene rings is 1. The Bertz CT molecular complexity index is 1490. The van der Waals surface area contributed by atoms with Gasteiger partial charge in [0.2, 0.25) is 0 Å². The van der Waals surface area contributed by atoms with Gasteiger partial charge >= 0.3 is 17.8 Å². The van der Waals surface area contributed by atoms with Gasteiger partial charge in [0.1, 0.15) is 11.5 Å². The fourth-order valence-electron chi connectivity index (χ4n) is 5.60. The van der Waals surface area contributed by atoms with Crippen molar-refractivity contribution in [2.24, 2.45) is 5.41 Å². The fourth-order valence-corrected chi connectivity index (χ4v) is 5.60. The third kappa shape index (κ3) is 3.66. The highest BCUT2D eigenvalue weighted by atomic mass is 19.3. The molecule has 1 spiro atoms. The van der Waals surface area contributed by atoms with Crippen LogP contribution in [-0.2, 0) is 0 Å². The molecule has 37 heavy (non-hydrogen) atoms. The van der Waals surface area contributed by atoms with E-state index in [1.54, 1.807) is 45.2 Å². The van der Waals surface area contributed by atoms with E-state index in [1.165, 1.54) is 15.4 Å². The largest absolute Gasteiger partial charge is 0.478 e. The van der Waals surface area contributed by atoms with Crippen LogP contribution in [0.15, 0.2) is 41.3 Å². The van der Waals surface area contributed by atoms with E-state index in [1.807, 2.05) is 6.07 Å². The molecule has 2 unspecified atom stereocenters. The Hall–Kier alpha value is -3.63. The van der Waals surface area contributed by atoms with E-state index in [2.05, 4.69) is 10.3 Å². The number of carboxylic acid groups (broad SMARTS) is 1. The zero-order chi connectivity index (χ0) is 26.9. The lowest BCUT2D eigenvalue weighted by Gasteiger charge is -2.52. The maximum atomic E-state index is 14.4. The lowest BCUT2D eigenvalue weighted by atomic mass is 9.62. The van der Waals surface area contributed by atoms with E-state index in [-0.39, 0.29) is 42.1 Å². The number of fused-ring (bicyclic) bond motifs is 1. The number of para-hydroxylation sites is 1. The Kier molecular flexibility index (Phi) is 5.54. The summed E-state index contributed by atoms with van der Waals surface area (Å²) in [6.07, 6.45) is 0.596. The van der Waals surface area contributed by atoms with Gasteiger partial charge < -0.3 is 15.3 Å². The van der Waals surface area contributed by atoms with Gasteiger partial charge in [-0.25, -0.2) is 9.78 Å². The average molecular weight is 519 g/mol. The first kappa shape index (κ1) is 25.0. The minimum Gasteiger partial charge on any atom is -0.478 e. The third-order valence-electron chi connectivity index (χ3n) is 7.62. The number of carbonyl (C=O) groups is 1. The van der Waals surface area contributed by atoms with Crippen LogP contribution in [0.3, 0.4) is 0 Å². The minimum absolute atomic E-state index is 0.0774. The van der Waals surface area contributed by atoms with Crippen molar-refractivity contribution in [3.05, 3.63) is 69.1 Å². The Morgan fingerprint density at radius 2 is 1.89 bits per heavy atom. The lowest BCUT2D eigenvalue weighted by molar-refractivity contribution is -0.351. The zero-order valence-electron chi connectivity index (χ0n) is 20.5. The number of rotatable bonds is 5. The van der Waals surface area contributed by atoms with Crippen molar-refractivity contribution in [1.82, 2.24) is 9.38 Å². The molecule has 2 N–H and O–H groups in total. The van der Waals surface area contributed by atoms with Crippen molar-refractivity contribution in [3.63, 3.8) is 0 Å². The van der Waals surface area contributed by atoms with Gasteiger partial charge in [-0.15, -0.1) is 0 Å². The molecule has 2 fully saturated rings. The van der Waals surface area contributed by atoms with Crippen molar-refractivity contribution in [3.8, 4) is 0 Å². The summed E-state index contributed by atoms with van der Waals surface area (Å²) in [6, 6.07) is 7.74. The van der Waals surface area contributed by atoms with Crippen molar-refractivity contribution >= 4 is 23.1 Å². The monoisotopic (exact) mass is 518 g/mol. The van der Waals surface area contributed by atoms with Crippen LogP contribution in [0, 0.1) is 19.3 Å². The number of nitrogens with zero attached hydrogens (tertiary/aromatic N) is 3. The van der Waals surface area contributed by atoms with E-state index in [0.717, 1.165) is 5.56 Å². The minimum atomic E-state index is -4.12. The number of pyridine rings is 1. The highest BCUT2D eigenvalue weighted by Crippen LogP contribution is 2.66. The van der Waals surface area contributed by atoms with Crippen molar-refractivity contribution in [2.45, 2.75) is 51.5 Å². The van der Waals surface area contributed by atoms with E-state index in [4.69, 9.17) is 0 Å². The molecule has 5 rings (SSSR count). The highest BCUT2D eigenvalue weighted by Gasteiger charge is 2.81. The number of hydrogen-bond donors (Lipinski definition) is 2. The third-order valence-corrected chi connectivity index (χ3v) is 7.62. The summed E-state index contributed by atoms with van der Waals surface area (Å²) in [5, 5.41) is 12.7. The Morgan fingerprint density at radius 1 is 1.19 bits per heavy atom. The first-order chi connectivity index (χ1) is 17.3. The number of halogens is 4. The Balaban J connectivity index is 1.56. The molecule has 0 radical (unpaired) electrons. The molecule has 1 aliphatic heterocycles. The van der Waals surface area contributed by atoms with E-state index >= 15 is 0 Å². The van der Waals surface area contributed by atoms with Crippen LogP contribution in [-0.4, -0.2) is 45.4 Å². The first-order valence-corrected chi connectivity index (χ1v) is 11.9. The van der Waals surface area contributed by atoms with E-state index in [9.17, 15) is 32.3 Å². The van der Waals surface area contributed by atoms with Gasteiger partial charge in [-0.2, -0.15) is 17.6 Å². The van der Waals surface area contributed by atoms with Crippen molar-refractivity contribution < 1.29 is 27.5 Å². The molecule has 2 aromatic heterocycles. The number of carboxylic acids is 1. The number of alkyl halides is 4. The molecule has 1 saturated carbocycles. The molecule has 2 aliphatic rings. The number of aryl methyl sites for hydroxylation is 1. The standard InChI is InChI=1S/C26H26F4N4O3/c1-14-10-18(16(3)31-19-7-5-4-6-17(19)23(36)37)21-32-20(15(2)22(35)34(21)11-14)33-9-8-24(13-33)12-25(27,28)26(24,29)30/h4-7,10-11,16,31H,8-9,12-13H2,1-3H3,(H,36,37). The number of anilines is 2. The predicted octanol–water partition coefficient (Wildman–Crippen LogP) is 5.05. The number of aromatic nitrogens is 2. The molecule has 2 atom stereocenters. The van der Waals surface area contributed by atoms with Gasteiger partial charge in [0.15, 0.2) is 0 Å². The summed E-state index contributed by atoms with van der Waals surface area (Å²) in [4.78, 5) is 31.2. The van der Waals surface area contributed by atoms with Crippen LogP contribution >= 0.6 is 0 Å². The maximum absolute atomic E-state index is 14.4. The van der Waals surface area contributed by atoms with Gasteiger partial charge in [0, 0.05) is 37.0 Å². The smallest absolute Gasteiger partial charge is 0.337 e. The van der Waals surface area contributed by atoms with Crippen LogP contribution in [0.2, 0.25) is 0 Å². The van der Waals surface area contributed by atoms with Crippen molar-refractivity contribution in [2.75, 3.05) is 23.3 Å². The van der Waals surface area contributed by atoms with Crippen LogP contribution in [0.4, 0.5) is 29.1 Å². The molecule has 1 saturated heterocycles. The van der Waals surface area contributed by atoms with Gasteiger partial charge in [0.25, 0.3) is 5.56 Å². The SMILES string of the molecule is Cc1cc(C(C)Nc2ccccc2C(=O)O)c2nc(N3CCC4(C3)CC(F)(F)C4(F)F)c(C)c(=O)n2c1. The fraction of sp³-hybridized carbons (Fsp3) is 0.423. The average Bonchev–Trinajstić information content (AvgIpc) is 3.27. The Morgan fingerprint density at radius 3 is 2.54 bits per heavy atom. The molecule has 1 aromatic carbocycles. The van der Waals surface area contributed by atoms with Crippen LogP contribution < -0.4 is 15.8 Å². The zero-order valence-corrected chi connectivity index (χ0v) is 20.5. The molecule has 3 heterocycles. The van der Waals surface area contributed by atoms with E-state index < -0.39 is 41.3 Å². The summed E-state index contributed by atoms with van der Waals surface area (Å²) in [7, 11) is 0. The summed E-state index contributed by atoms with van der Waals surface area (Å²) < 4.78 is 57.5. The van der Waals surface area contributed by atoms with Gasteiger partial charge in [-0.3, -0.25) is 9.20 Å². The lowest BCUT2D eigenvalue weighted by Crippen LogP contribution is -2.67. The summed E-state index contributed by atoms with van der Waals surface area (Å²) in [5.41, 5.74) is 0.0762.